The molecule has 1 unspecified atom stereocenters. The molecule has 2 rings (SSSR count). The highest BCUT2D eigenvalue weighted by Gasteiger charge is 2.24. The molecule has 0 fully saturated rings. The lowest BCUT2D eigenvalue weighted by molar-refractivity contribution is -0.136. The van der Waals surface area contributed by atoms with E-state index in [2.05, 4.69) is 5.32 Å². The third kappa shape index (κ3) is 4.83. The average Bonchev–Trinajstić information content (AvgIpc) is 2.46. The highest BCUT2D eigenvalue weighted by atomic mass is 35.5. The molecule has 0 saturated carbocycles. The second-order valence-corrected chi connectivity index (χ2v) is 6.47. The van der Waals surface area contributed by atoms with E-state index in [9.17, 15) is 9.59 Å². The summed E-state index contributed by atoms with van der Waals surface area (Å²) in [6.45, 7) is 3.96. The van der Waals surface area contributed by atoms with Gasteiger partial charge in [0.25, 0.3) is 0 Å². The van der Waals surface area contributed by atoms with Gasteiger partial charge in [-0.05, 0) is 41.3 Å². The molecule has 0 aliphatic carbocycles. The predicted octanol–water partition coefficient (Wildman–Crippen LogP) is 4.35. The molecule has 1 atom stereocenters. The van der Waals surface area contributed by atoms with Crippen molar-refractivity contribution in [1.29, 1.82) is 0 Å². The minimum atomic E-state index is -0.905. The van der Waals surface area contributed by atoms with E-state index in [0.717, 1.165) is 5.56 Å². The molecule has 5 heteroatoms. The molecule has 0 aliphatic heterocycles. The maximum absolute atomic E-state index is 12.7. The highest BCUT2D eigenvalue weighted by molar-refractivity contribution is 6.30. The molecule has 126 valence electrons. The van der Waals surface area contributed by atoms with Crippen LogP contribution in [-0.4, -0.2) is 17.0 Å². The van der Waals surface area contributed by atoms with Gasteiger partial charge in [0.1, 0.15) is 0 Å². The highest BCUT2D eigenvalue weighted by Crippen LogP contribution is 2.28. The van der Waals surface area contributed by atoms with Crippen LogP contribution in [0, 0.1) is 5.92 Å². The number of hydrogen-bond donors (Lipinski definition) is 2. The van der Waals surface area contributed by atoms with Crippen molar-refractivity contribution >= 4 is 29.2 Å². The Morgan fingerprint density at radius 1 is 1.12 bits per heavy atom. The van der Waals surface area contributed by atoms with Crippen LogP contribution < -0.4 is 5.32 Å². The molecule has 2 N–H and O–H groups in total. The number of aliphatic carboxylic acids is 1. The summed E-state index contributed by atoms with van der Waals surface area (Å²) in [5, 5.41) is 12.3. The fraction of sp³-hybridized carbons (Fsp3) is 0.263. The molecule has 2 aromatic carbocycles. The topological polar surface area (TPSA) is 66.4 Å². The minimum Gasteiger partial charge on any atom is -0.481 e. The number of anilines is 1. The maximum Gasteiger partial charge on any atom is 0.307 e. The fourth-order valence-electron chi connectivity index (χ4n) is 2.69. The zero-order chi connectivity index (χ0) is 17.7. The molecule has 0 aromatic heterocycles. The van der Waals surface area contributed by atoms with Crippen molar-refractivity contribution in [3.05, 3.63) is 64.7 Å². The smallest absolute Gasteiger partial charge is 0.307 e. The van der Waals surface area contributed by atoms with Gasteiger partial charge >= 0.3 is 5.97 Å². The van der Waals surface area contributed by atoms with Crippen molar-refractivity contribution in [3.63, 3.8) is 0 Å². The molecule has 24 heavy (non-hydrogen) atoms. The van der Waals surface area contributed by atoms with Gasteiger partial charge in [0.15, 0.2) is 0 Å². The number of rotatable bonds is 6. The molecule has 0 saturated heterocycles. The Labute approximate surface area is 146 Å². The summed E-state index contributed by atoms with van der Waals surface area (Å²) in [6, 6.07) is 14.2. The molecule has 0 aliphatic rings. The summed E-state index contributed by atoms with van der Waals surface area (Å²) in [6.07, 6.45) is -0.0778. The number of amides is 1. The van der Waals surface area contributed by atoms with E-state index >= 15 is 0 Å². The second kappa shape index (κ2) is 7.97. The van der Waals surface area contributed by atoms with Gasteiger partial charge in [-0.3, -0.25) is 9.59 Å². The average molecular weight is 346 g/mol. The van der Waals surface area contributed by atoms with E-state index < -0.39 is 5.97 Å². The zero-order valence-corrected chi connectivity index (χ0v) is 14.4. The summed E-state index contributed by atoms with van der Waals surface area (Å²) in [5.41, 5.74) is 2.09. The predicted molar refractivity (Wildman–Crippen MR) is 95.4 cm³/mol. The van der Waals surface area contributed by atoms with Crippen molar-refractivity contribution in [2.24, 2.45) is 5.92 Å². The Bertz CT molecular complexity index is 743. The number of carbonyl (C=O) groups is 2. The number of carboxylic acid groups (broad SMARTS) is 1. The molecule has 2 aromatic rings. The van der Waals surface area contributed by atoms with Gasteiger partial charge in [0.05, 0.1) is 12.3 Å². The number of nitrogens with one attached hydrogen (secondary N) is 1. The maximum atomic E-state index is 12.7. The molecular weight excluding hydrogens is 326 g/mol. The monoisotopic (exact) mass is 345 g/mol. The SMILES string of the molecule is CC(C)C(C(=O)Nc1cccc(CC(=O)O)c1)c1cccc(Cl)c1. The Morgan fingerprint density at radius 2 is 1.83 bits per heavy atom. The van der Waals surface area contributed by atoms with Crippen LogP contribution in [0.4, 0.5) is 5.69 Å². The quantitative estimate of drug-likeness (QED) is 0.818. The van der Waals surface area contributed by atoms with E-state index in [0.29, 0.717) is 16.3 Å². The van der Waals surface area contributed by atoms with Gasteiger partial charge in [-0.1, -0.05) is 49.7 Å². The van der Waals surface area contributed by atoms with Gasteiger partial charge in [0.2, 0.25) is 5.91 Å². The number of hydrogen-bond acceptors (Lipinski definition) is 2. The minimum absolute atomic E-state index is 0.0778. The van der Waals surface area contributed by atoms with E-state index in [-0.39, 0.29) is 24.2 Å². The summed E-state index contributed by atoms with van der Waals surface area (Å²) in [5.74, 6) is -1.30. The van der Waals surface area contributed by atoms with Gasteiger partial charge in [-0.15, -0.1) is 0 Å². The summed E-state index contributed by atoms with van der Waals surface area (Å²) in [7, 11) is 0. The van der Waals surface area contributed by atoms with Gasteiger partial charge in [-0.25, -0.2) is 0 Å². The standard InChI is InChI=1S/C19H20ClNO3/c1-12(2)18(14-6-4-7-15(20)11-14)19(24)21-16-8-3-5-13(9-16)10-17(22)23/h3-9,11-12,18H,10H2,1-2H3,(H,21,24)(H,22,23). The number of halogens is 1. The third-order valence-electron chi connectivity index (χ3n) is 3.71. The van der Waals surface area contributed by atoms with Crippen LogP contribution in [0.15, 0.2) is 48.5 Å². The van der Waals surface area contributed by atoms with Crippen molar-refractivity contribution in [3.8, 4) is 0 Å². The summed E-state index contributed by atoms with van der Waals surface area (Å²) < 4.78 is 0. The molecule has 0 heterocycles. The van der Waals surface area contributed by atoms with Crippen LogP contribution in [0.25, 0.3) is 0 Å². The van der Waals surface area contributed by atoms with Gasteiger partial charge in [-0.2, -0.15) is 0 Å². The first-order chi connectivity index (χ1) is 11.4. The van der Waals surface area contributed by atoms with Crippen LogP contribution in [0.5, 0.6) is 0 Å². The van der Waals surface area contributed by atoms with Crippen molar-refractivity contribution < 1.29 is 14.7 Å². The Hall–Kier alpha value is -2.33. The molecule has 1 amide bonds. The van der Waals surface area contributed by atoms with Gasteiger partial charge < -0.3 is 10.4 Å². The van der Waals surface area contributed by atoms with Gasteiger partial charge in [0, 0.05) is 10.7 Å². The van der Waals surface area contributed by atoms with Crippen LogP contribution in [-0.2, 0) is 16.0 Å². The first-order valence-corrected chi connectivity index (χ1v) is 8.11. The lowest BCUT2D eigenvalue weighted by atomic mass is 9.87. The fourth-order valence-corrected chi connectivity index (χ4v) is 2.89. The first-order valence-electron chi connectivity index (χ1n) is 7.74. The van der Waals surface area contributed by atoms with E-state index in [1.54, 1.807) is 36.4 Å². The van der Waals surface area contributed by atoms with Crippen molar-refractivity contribution in [2.45, 2.75) is 26.2 Å². The third-order valence-corrected chi connectivity index (χ3v) is 3.94. The zero-order valence-electron chi connectivity index (χ0n) is 13.6. The largest absolute Gasteiger partial charge is 0.481 e. The normalized spacial score (nSPS) is 12.0. The van der Waals surface area contributed by atoms with E-state index in [1.165, 1.54) is 0 Å². The van der Waals surface area contributed by atoms with Crippen LogP contribution in [0.3, 0.4) is 0 Å². The Morgan fingerprint density at radius 3 is 2.46 bits per heavy atom. The van der Waals surface area contributed by atoms with Crippen molar-refractivity contribution in [2.75, 3.05) is 5.32 Å². The first kappa shape index (κ1) is 18.0. The second-order valence-electron chi connectivity index (χ2n) is 6.04. The summed E-state index contributed by atoms with van der Waals surface area (Å²) in [4.78, 5) is 23.5. The van der Waals surface area contributed by atoms with Crippen LogP contribution in [0.1, 0.15) is 30.9 Å². The van der Waals surface area contributed by atoms with E-state index in [1.807, 2.05) is 26.0 Å². The number of carboxylic acids is 1. The molecule has 0 bridgehead atoms. The number of benzene rings is 2. The molecule has 0 spiro atoms. The lowest BCUT2D eigenvalue weighted by Gasteiger charge is -2.21. The van der Waals surface area contributed by atoms with Crippen molar-refractivity contribution in [1.82, 2.24) is 0 Å². The lowest BCUT2D eigenvalue weighted by Crippen LogP contribution is -2.25. The number of carbonyl (C=O) groups excluding carboxylic acids is 1. The van der Waals surface area contributed by atoms with Crippen LogP contribution in [0.2, 0.25) is 5.02 Å². The Kier molecular flexibility index (Phi) is 5.99. The molecule has 0 radical (unpaired) electrons. The summed E-state index contributed by atoms with van der Waals surface area (Å²) >= 11 is 6.04. The molecule has 4 nitrogen and oxygen atoms in total. The van der Waals surface area contributed by atoms with Crippen LogP contribution >= 0.6 is 11.6 Å². The van der Waals surface area contributed by atoms with E-state index in [4.69, 9.17) is 16.7 Å². The molecular formula is C19H20ClNO3. The Balaban J connectivity index is 2.21.